The molecule has 1 aliphatic heterocycles. The molecule has 5 rings (SSSR count). The largest absolute Gasteiger partial charge is 0.483 e. The van der Waals surface area contributed by atoms with Crippen molar-refractivity contribution in [3.05, 3.63) is 75.7 Å². The lowest BCUT2D eigenvalue weighted by Gasteiger charge is -2.36. The molecule has 8 nitrogen and oxygen atoms in total. The Kier molecular flexibility index (Phi) is 7.62. The van der Waals surface area contributed by atoms with E-state index in [1.54, 1.807) is 29.2 Å². The van der Waals surface area contributed by atoms with Gasteiger partial charge in [-0.15, -0.1) is 0 Å². The number of piperazine rings is 1. The predicted molar refractivity (Wildman–Crippen MR) is 140 cm³/mol. The van der Waals surface area contributed by atoms with Crippen LogP contribution in [0.15, 0.2) is 64.4 Å². The molecule has 1 aromatic heterocycles. The van der Waals surface area contributed by atoms with Crippen LogP contribution in [0.2, 0.25) is 5.02 Å². The number of anilines is 1. The van der Waals surface area contributed by atoms with E-state index in [4.69, 9.17) is 16.3 Å². The summed E-state index contributed by atoms with van der Waals surface area (Å²) in [6.07, 6.45) is 0.151. The molecule has 2 aromatic carbocycles. The first-order valence-corrected chi connectivity index (χ1v) is 14.3. The van der Waals surface area contributed by atoms with Crippen molar-refractivity contribution in [3.8, 4) is 11.4 Å². The van der Waals surface area contributed by atoms with Crippen molar-refractivity contribution in [1.82, 2.24) is 14.1 Å². The molecule has 0 amide bonds. The van der Waals surface area contributed by atoms with Gasteiger partial charge in [-0.05, 0) is 56.0 Å². The molecule has 2 fully saturated rings. The van der Waals surface area contributed by atoms with E-state index in [1.807, 2.05) is 0 Å². The highest BCUT2D eigenvalue weighted by atomic mass is 35.5. The monoisotopic (exact) mass is 582 g/mol. The van der Waals surface area contributed by atoms with Crippen molar-refractivity contribution >= 4 is 27.3 Å². The minimum absolute atomic E-state index is 0.0746. The minimum atomic E-state index is -4.81. The standard InChI is InChI=1S/C26H26ClF3N4O4S/c27-18-6-5-7-19(16-18)34-25(35)24(38-20-8-1-2-9-20)22(17-31-34)32-12-14-33(15-13-32)39(36,37)23-11-4-3-10-21(23)26(28,29)30/h3-7,10-11,16-17,20H,1-2,8-9,12-15H2. The van der Waals surface area contributed by atoms with Gasteiger partial charge < -0.3 is 9.64 Å². The van der Waals surface area contributed by atoms with Gasteiger partial charge in [0.2, 0.25) is 15.8 Å². The summed E-state index contributed by atoms with van der Waals surface area (Å²) in [5.41, 5.74) is -0.795. The van der Waals surface area contributed by atoms with Crippen molar-refractivity contribution in [1.29, 1.82) is 0 Å². The number of alkyl halides is 3. The van der Waals surface area contributed by atoms with Crippen LogP contribution in [0, 0.1) is 0 Å². The molecule has 1 saturated carbocycles. The summed E-state index contributed by atoms with van der Waals surface area (Å²) < 4.78 is 75.3. The number of nitrogens with zero attached hydrogens (tertiary/aromatic N) is 4. The second-order valence-electron chi connectivity index (χ2n) is 9.47. The number of hydrogen-bond donors (Lipinski definition) is 0. The number of halogens is 4. The summed E-state index contributed by atoms with van der Waals surface area (Å²) in [5, 5.41) is 4.76. The van der Waals surface area contributed by atoms with Gasteiger partial charge in [0.25, 0.3) is 0 Å². The van der Waals surface area contributed by atoms with Gasteiger partial charge in [-0.25, -0.2) is 8.42 Å². The molecular weight excluding hydrogens is 557 g/mol. The molecule has 1 aliphatic carbocycles. The number of hydrogen-bond acceptors (Lipinski definition) is 6. The number of benzene rings is 2. The van der Waals surface area contributed by atoms with Gasteiger partial charge in [0.05, 0.1) is 28.4 Å². The van der Waals surface area contributed by atoms with Crippen LogP contribution in [-0.4, -0.2) is 54.8 Å². The Bertz CT molecular complexity index is 1520. The van der Waals surface area contributed by atoms with E-state index < -0.39 is 32.2 Å². The highest BCUT2D eigenvalue weighted by Gasteiger charge is 2.40. The molecule has 13 heteroatoms. The number of ether oxygens (including phenoxy) is 1. The number of aromatic nitrogens is 2. The fraction of sp³-hybridized carbons (Fsp3) is 0.385. The normalized spacial score (nSPS) is 17.5. The third-order valence-corrected chi connectivity index (χ3v) is 9.14. The smallest absolute Gasteiger partial charge is 0.417 e. The molecule has 0 unspecified atom stereocenters. The summed E-state index contributed by atoms with van der Waals surface area (Å²) in [4.78, 5) is 14.6. The van der Waals surface area contributed by atoms with Gasteiger partial charge in [-0.2, -0.15) is 27.3 Å². The van der Waals surface area contributed by atoms with Gasteiger partial charge in [-0.1, -0.05) is 29.8 Å². The molecule has 0 bridgehead atoms. The molecule has 2 heterocycles. The quantitative estimate of drug-likeness (QED) is 0.418. The van der Waals surface area contributed by atoms with Crippen LogP contribution in [0.25, 0.3) is 5.69 Å². The zero-order valence-corrected chi connectivity index (χ0v) is 22.3. The number of rotatable bonds is 6. The Morgan fingerprint density at radius 2 is 1.67 bits per heavy atom. The molecule has 0 N–H and O–H groups in total. The van der Waals surface area contributed by atoms with Gasteiger partial charge >= 0.3 is 11.7 Å². The molecule has 0 spiro atoms. The van der Waals surface area contributed by atoms with Crippen LogP contribution < -0.4 is 15.2 Å². The predicted octanol–water partition coefficient (Wildman–Crippen LogP) is 4.74. The average molecular weight is 583 g/mol. The van der Waals surface area contributed by atoms with E-state index in [1.165, 1.54) is 16.9 Å². The van der Waals surface area contributed by atoms with E-state index in [0.29, 0.717) is 16.4 Å². The van der Waals surface area contributed by atoms with Gasteiger partial charge in [0.15, 0.2) is 0 Å². The van der Waals surface area contributed by atoms with Crippen molar-refractivity contribution in [2.45, 2.75) is 42.9 Å². The molecule has 2 aliphatic rings. The first-order chi connectivity index (χ1) is 18.6. The molecule has 39 heavy (non-hydrogen) atoms. The zero-order chi connectivity index (χ0) is 27.8. The van der Waals surface area contributed by atoms with Crippen LogP contribution in [0.5, 0.6) is 5.75 Å². The first-order valence-electron chi connectivity index (χ1n) is 12.5. The van der Waals surface area contributed by atoms with Crippen molar-refractivity contribution in [3.63, 3.8) is 0 Å². The third kappa shape index (κ3) is 5.64. The summed E-state index contributed by atoms with van der Waals surface area (Å²) in [6.45, 7) is 0.122. The third-order valence-electron chi connectivity index (χ3n) is 6.94. The van der Waals surface area contributed by atoms with Crippen molar-refractivity contribution < 1.29 is 26.3 Å². The summed E-state index contributed by atoms with van der Waals surface area (Å²) in [6, 6.07) is 10.8. The number of sulfonamides is 1. The SMILES string of the molecule is O=c1c(OC2CCCC2)c(N2CCN(S(=O)(=O)c3ccccc3C(F)(F)F)CC2)cnn1-c1cccc(Cl)c1. The van der Waals surface area contributed by atoms with E-state index in [-0.39, 0.29) is 38.0 Å². The second kappa shape index (κ2) is 10.8. The van der Waals surface area contributed by atoms with Gasteiger partial charge in [0.1, 0.15) is 5.69 Å². The van der Waals surface area contributed by atoms with E-state index in [9.17, 15) is 26.4 Å². The van der Waals surface area contributed by atoms with Crippen LogP contribution >= 0.6 is 11.6 Å². The Labute approximate surface area is 228 Å². The summed E-state index contributed by atoms with van der Waals surface area (Å²) in [5.74, 6) is 0.107. The molecule has 3 aromatic rings. The summed E-state index contributed by atoms with van der Waals surface area (Å²) in [7, 11) is -4.40. The van der Waals surface area contributed by atoms with Crippen LogP contribution in [0.4, 0.5) is 18.9 Å². The lowest BCUT2D eigenvalue weighted by atomic mass is 10.2. The molecule has 0 atom stereocenters. The Morgan fingerprint density at radius 1 is 0.974 bits per heavy atom. The van der Waals surface area contributed by atoms with Crippen molar-refractivity contribution in [2.24, 2.45) is 0 Å². The fourth-order valence-corrected chi connectivity index (χ4v) is 6.78. The Morgan fingerprint density at radius 3 is 2.33 bits per heavy atom. The maximum atomic E-state index is 13.6. The zero-order valence-electron chi connectivity index (χ0n) is 20.8. The lowest BCUT2D eigenvalue weighted by molar-refractivity contribution is -0.139. The van der Waals surface area contributed by atoms with Crippen LogP contribution in [0.1, 0.15) is 31.2 Å². The lowest BCUT2D eigenvalue weighted by Crippen LogP contribution is -2.49. The maximum Gasteiger partial charge on any atom is 0.417 e. The molecule has 208 valence electrons. The maximum absolute atomic E-state index is 13.6. The fourth-order valence-electron chi connectivity index (χ4n) is 4.96. The average Bonchev–Trinajstić information content (AvgIpc) is 3.43. The van der Waals surface area contributed by atoms with E-state index >= 15 is 0 Å². The molecular formula is C26H26ClF3N4O4S. The highest BCUT2D eigenvalue weighted by molar-refractivity contribution is 7.89. The van der Waals surface area contributed by atoms with Crippen LogP contribution in [0.3, 0.4) is 0 Å². The molecule has 0 radical (unpaired) electrons. The summed E-state index contributed by atoms with van der Waals surface area (Å²) >= 11 is 6.11. The Hall–Kier alpha value is -3.09. The van der Waals surface area contributed by atoms with Crippen molar-refractivity contribution in [2.75, 3.05) is 31.1 Å². The molecule has 1 saturated heterocycles. The second-order valence-corrected chi connectivity index (χ2v) is 11.8. The highest BCUT2D eigenvalue weighted by Crippen LogP contribution is 2.36. The van der Waals surface area contributed by atoms with Gasteiger partial charge in [-0.3, -0.25) is 4.79 Å². The van der Waals surface area contributed by atoms with E-state index in [2.05, 4.69) is 5.10 Å². The Balaban J connectivity index is 1.43. The van der Waals surface area contributed by atoms with E-state index in [0.717, 1.165) is 48.2 Å². The van der Waals surface area contributed by atoms with Gasteiger partial charge in [0, 0.05) is 31.2 Å². The topological polar surface area (TPSA) is 84.7 Å². The van der Waals surface area contributed by atoms with Crippen LogP contribution in [-0.2, 0) is 16.2 Å². The first kappa shape index (κ1) is 27.5. The minimum Gasteiger partial charge on any atom is -0.483 e.